The lowest BCUT2D eigenvalue weighted by Crippen LogP contribution is -2.04. The number of rotatable bonds is 5. The van der Waals surface area contributed by atoms with Crippen molar-refractivity contribution in [2.75, 3.05) is 7.11 Å². The van der Waals surface area contributed by atoms with Gasteiger partial charge in [-0.1, -0.05) is 31.9 Å². The fourth-order valence-corrected chi connectivity index (χ4v) is 1.55. The van der Waals surface area contributed by atoms with E-state index in [0.29, 0.717) is 5.56 Å². The maximum Gasteiger partial charge on any atom is 0.337 e. The fraction of sp³-hybridized carbons (Fsp3) is 0.462. The first-order valence-corrected chi connectivity index (χ1v) is 5.55. The molecule has 0 saturated heterocycles. The lowest BCUT2D eigenvalue weighted by Gasteiger charge is -2.11. The number of methoxy groups -OCH3 is 1. The first kappa shape index (κ1) is 12.7. The monoisotopic (exact) mass is 222 g/mol. The molecule has 1 N–H and O–H groups in total. The van der Waals surface area contributed by atoms with E-state index in [1.807, 2.05) is 6.07 Å². The van der Waals surface area contributed by atoms with E-state index in [1.165, 1.54) is 7.11 Å². The van der Waals surface area contributed by atoms with Crippen LogP contribution in [-0.2, 0) is 4.74 Å². The van der Waals surface area contributed by atoms with E-state index in [9.17, 15) is 9.90 Å². The topological polar surface area (TPSA) is 46.5 Å². The number of aliphatic hydroxyl groups excluding tert-OH is 1. The predicted molar refractivity (Wildman–Crippen MR) is 62.3 cm³/mol. The maximum absolute atomic E-state index is 11.3. The first-order valence-electron chi connectivity index (χ1n) is 5.55. The lowest BCUT2D eigenvalue weighted by molar-refractivity contribution is 0.0600. The van der Waals surface area contributed by atoms with Gasteiger partial charge in [-0.2, -0.15) is 0 Å². The Morgan fingerprint density at radius 3 is 2.88 bits per heavy atom. The summed E-state index contributed by atoms with van der Waals surface area (Å²) in [6, 6.07) is 6.96. The molecule has 0 aromatic heterocycles. The molecule has 3 nitrogen and oxygen atoms in total. The Balaban J connectivity index is 2.77. The van der Waals surface area contributed by atoms with Crippen molar-refractivity contribution in [2.24, 2.45) is 0 Å². The van der Waals surface area contributed by atoms with Crippen molar-refractivity contribution >= 4 is 5.97 Å². The van der Waals surface area contributed by atoms with Crippen LogP contribution >= 0.6 is 0 Å². The highest BCUT2D eigenvalue weighted by atomic mass is 16.5. The quantitative estimate of drug-likeness (QED) is 0.779. The number of carbonyl (C=O) groups is 1. The van der Waals surface area contributed by atoms with Gasteiger partial charge in [0.25, 0.3) is 0 Å². The van der Waals surface area contributed by atoms with Crippen molar-refractivity contribution in [3.05, 3.63) is 35.4 Å². The molecule has 0 aliphatic heterocycles. The van der Waals surface area contributed by atoms with E-state index in [4.69, 9.17) is 0 Å². The summed E-state index contributed by atoms with van der Waals surface area (Å²) in [5, 5.41) is 9.88. The van der Waals surface area contributed by atoms with Crippen LogP contribution in [0.1, 0.15) is 48.2 Å². The van der Waals surface area contributed by atoms with E-state index in [1.54, 1.807) is 18.2 Å². The van der Waals surface area contributed by atoms with E-state index in [-0.39, 0.29) is 5.97 Å². The summed E-state index contributed by atoms with van der Waals surface area (Å²) in [4.78, 5) is 11.3. The van der Waals surface area contributed by atoms with Gasteiger partial charge in [-0.15, -0.1) is 0 Å². The Hall–Kier alpha value is -1.35. The molecule has 0 aliphatic rings. The largest absolute Gasteiger partial charge is 0.465 e. The van der Waals surface area contributed by atoms with Crippen molar-refractivity contribution in [1.29, 1.82) is 0 Å². The van der Waals surface area contributed by atoms with Crippen LogP contribution in [0.2, 0.25) is 0 Å². The van der Waals surface area contributed by atoms with Crippen LogP contribution in [0.25, 0.3) is 0 Å². The predicted octanol–water partition coefficient (Wildman–Crippen LogP) is 2.70. The van der Waals surface area contributed by atoms with Gasteiger partial charge in [0.2, 0.25) is 0 Å². The summed E-state index contributed by atoms with van der Waals surface area (Å²) in [7, 11) is 1.35. The second kappa shape index (κ2) is 6.28. The second-order valence-corrected chi connectivity index (χ2v) is 3.78. The molecule has 0 radical (unpaired) electrons. The number of benzene rings is 1. The average molecular weight is 222 g/mol. The molecule has 1 aromatic rings. The molecular weight excluding hydrogens is 204 g/mol. The zero-order valence-electron chi connectivity index (χ0n) is 9.77. The van der Waals surface area contributed by atoms with Crippen LogP contribution in [0.15, 0.2) is 24.3 Å². The van der Waals surface area contributed by atoms with E-state index >= 15 is 0 Å². The minimum Gasteiger partial charge on any atom is -0.465 e. The summed E-state index contributed by atoms with van der Waals surface area (Å²) in [6.45, 7) is 2.08. The maximum atomic E-state index is 11.3. The standard InChI is InChI=1S/C13H18O3/c1-3-4-8-12(14)10-6-5-7-11(9-10)13(15)16-2/h5-7,9,12,14H,3-4,8H2,1-2H3. The van der Waals surface area contributed by atoms with Crippen molar-refractivity contribution < 1.29 is 14.6 Å². The molecule has 0 spiro atoms. The van der Waals surface area contributed by atoms with Crippen LogP contribution in [0.3, 0.4) is 0 Å². The fourth-order valence-electron chi connectivity index (χ4n) is 1.55. The van der Waals surface area contributed by atoms with Gasteiger partial charge >= 0.3 is 5.97 Å². The molecule has 0 heterocycles. The second-order valence-electron chi connectivity index (χ2n) is 3.78. The number of carbonyl (C=O) groups excluding carboxylic acids is 1. The Bertz CT molecular complexity index is 347. The molecule has 16 heavy (non-hydrogen) atoms. The van der Waals surface area contributed by atoms with Crippen molar-refractivity contribution in [3.8, 4) is 0 Å². The molecule has 3 heteroatoms. The molecule has 1 aromatic carbocycles. The number of esters is 1. The summed E-state index contributed by atoms with van der Waals surface area (Å²) < 4.78 is 4.63. The Kier molecular flexibility index (Phi) is 4.99. The Morgan fingerprint density at radius 1 is 1.50 bits per heavy atom. The van der Waals surface area contributed by atoms with E-state index in [0.717, 1.165) is 24.8 Å². The van der Waals surface area contributed by atoms with Gasteiger partial charge in [0, 0.05) is 0 Å². The zero-order chi connectivity index (χ0) is 12.0. The molecule has 0 saturated carbocycles. The number of unbranched alkanes of at least 4 members (excludes halogenated alkanes) is 1. The highest BCUT2D eigenvalue weighted by Crippen LogP contribution is 2.20. The van der Waals surface area contributed by atoms with E-state index in [2.05, 4.69) is 11.7 Å². The minimum absolute atomic E-state index is 0.371. The molecule has 1 atom stereocenters. The van der Waals surface area contributed by atoms with Crippen molar-refractivity contribution in [1.82, 2.24) is 0 Å². The molecule has 0 aliphatic carbocycles. The number of hydrogen-bond donors (Lipinski definition) is 1. The van der Waals surface area contributed by atoms with Gasteiger partial charge in [0.15, 0.2) is 0 Å². The summed E-state index contributed by atoms with van der Waals surface area (Å²) in [5.74, 6) is -0.371. The average Bonchev–Trinajstić information content (AvgIpc) is 2.35. The van der Waals surface area contributed by atoms with Crippen LogP contribution in [0, 0.1) is 0 Å². The highest BCUT2D eigenvalue weighted by Gasteiger charge is 2.10. The Morgan fingerprint density at radius 2 is 2.25 bits per heavy atom. The van der Waals surface area contributed by atoms with Gasteiger partial charge < -0.3 is 9.84 Å². The molecule has 0 bridgehead atoms. The molecule has 88 valence electrons. The normalized spacial score (nSPS) is 12.2. The van der Waals surface area contributed by atoms with Gasteiger partial charge in [-0.05, 0) is 24.1 Å². The smallest absolute Gasteiger partial charge is 0.337 e. The third-order valence-electron chi connectivity index (χ3n) is 2.52. The van der Waals surface area contributed by atoms with Crippen LogP contribution < -0.4 is 0 Å². The van der Waals surface area contributed by atoms with Gasteiger partial charge in [0.1, 0.15) is 0 Å². The molecular formula is C13H18O3. The Labute approximate surface area is 96.1 Å². The zero-order valence-corrected chi connectivity index (χ0v) is 9.77. The molecule has 0 fully saturated rings. The minimum atomic E-state index is -0.496. The van der Waals surface area contributed by atoms with Crippen molar-refractivity contribution in [2.45, 2.75) is 32.3 Å². The third kappa shape index (κ3) is 3.35. The first-order chi connectivity index (χ1) is 7.69. The number of aliphatic hydroxyl groups is 1. The summed E-state index contributed by atoms with van der Waals surface area (Å²) in [5.41, 5.74) is 1.26. The van der Waals surface area contributed by atoms with Crippen molar-refractivity contribution in [3.63, 3.8) is 0 Å². The molecule has 1 unspecified atom stereocenters. The molecule has 0 amide bonds. The van der Waals surface area contributed by atoms with E-state index < -0.39 is 6.10 Å². The molecule has 1 rings (SSSR count). The van der Waals surface area contributed by atoms with Crippen LogP contribution in [0.5, 0.6) is 0 Å². The number of ether oxygens (including phenoxy) is 1. The number of hydrogen-bond acceptors (Lipinski definition) is 3. The van der Waals surface area contributed by atoms with Gasteiger partial charge in [-0.3, -0.25) is 0 Å². The summed E-state index contributed by atoms with van der Waals surface area (Å²) >= 11 is 0. The highest BCUT2D eigenvalue weighted by molar-refractivity contribution is 5.89. The SMILES string of the molecule is CCCCC(O)c1cccc(C(=O)OC)c1. The van der Waals surface area contributed by atoms with Crippen LogP contribution in [0.4, 0.5) is 0 Å². The lowest BCUT2D eigenvalue weighted by atomic mass is 10.0. The third-order valence-corrected chi connectivity index (χ3v) is 2.52. The van der Waals surface area contributed by atoms with Crippen LogP contribution in [-0.4, -0.2) is 18.2 Å². The van der Waals surface area contributed by atoms with Gasteiger partial charge in [-0.25, -0.2) is 4.79 Å². The van der Waals surface area contributed by atoms with Gasteiger partial charge in [0.05, 0.1) is 18.8 Å². The summed E-state index contributed by atoms with van der Waals surface area (Å²) in [6.07, 6.45) is 2.25.